The molecule has 2 aliphatic rings. The molecule has 1 aromatic carbocycles. The van der Waals surface area contributed by atoms with Gasteiger partial charge in [-0.2, -0.15) is 0 Å². The van der Waals surface area contributed by atoms with Crippen LogP contribution in [0.4, 0.5) is 14.5 Å². The van der Waals surface area contributed by atoms with E-state index in [2.05, 4.69) is 10.3 Å². The summed E-state index contributed by atoms with van der Waals surface area (Å²) in [6.07, 6.45) is 3.38. The van der Waals surface area contributed by atoms with Gasteiger partial charge in [0.1, 0.15) is 22.2 Å². The molecule has 7 nitrogen and oxygen atoms in total. The highest BCUT2D eigenvalue weighted by molar-refractivity contribution is 6.33. The highest BCUT2D eigenvalue weighted by Crippen LogP contribution is 2.37. The maximum Gasteiger partial charge on any atom is 0.343 e. The van der Waals surface area contributed by atoms with E-state index >= 15 is 4.39 Å². The number of carbonyl (C=O) groups is 2. The molecule has 1 aliphatic carbocycles. The number of anilines is 1. The van der Waals surface area contributed by atoms with Crippen molar-refractivity contribution in [3.8, 4) is 0 Å². The lowest BCUT2D eigenvalue weighted by Crippen LogP contribution is -2.35. The van der Waals surface area contributed by atoms with E-state index in [-0.39, 0.29) is 42.4 Å². The van der Waals surface area contributed by atoms with E-state index in [9.17, 15) is 19.1 Å². The molecule has 1 unspecified atom stereocenters. The molecule has 3 rings (SSSR count). The number of nitrogens with one attached hydrogen (secondary N) is 1. The van der Waals surface area contributed by atoms with Gasteiger partial charge in [0.15, 0.2) is 5.82 Å². The number of aliphatic hydroxyl groups excluding tert-OH is 1. The van der Waals surface area contributed by atoms with Crippen LogP contribution in [0.3, 0.4) is 0 Å². The molecule has 2 N–H and O–H groups in total. The second kappa shape index (κ2) is 9.64. The fraction of sp³-hybridized carbons (Fsp3) is 0.476. The smallest absolute Gasteiger partial charge is 0.343 e. The van der Waals surface area contributed by atoms with Gasteiger partial charge in [0.05, 0.1) is 23.9 Å². The second-order valence-electron chi connectivity index (χ2n) is 7.51. The van der Waals surface area contributed by atoms with Crippen LogP contribution in [0.2, 0.25) is 5.02 Å². The molecule has 168 valence electrons. The maximum atomic E-state index is 15.1. The fourth-order valence-electron chi connectivity index (χ4n) is 3.38. The van der Waals surface area contributed by atoms with Gasteiger partial charge in [0.2, 0.25) is 5.91 Å². The van der Waals surface area contributed by atoms with E-state index in [1.165, 1.54) is 11.8 Å². The summed E-state index contributed by atoms with van der Waals surface area (Å²) in [5.41, 5.74) is -1.09. The molecule has 1 atom stereocenters. The Bertz CT molecular complexity index is 947. The number of esters is 1. The molecule has 1 saturated carbocycles. The van der Waals surface area contributed by atoms with Crippen LogP contribution >= 0.6 is 11.6 Å². The number of hydrogen-bond donors (Lipinski definition) is 2. The third-order valence-corrected chi connectivity index (χ3v) is 5.36. The average molecular weight is 456 g/mol. The van der Waals surface area contributed by atoms with Crippen LogP contribution in [0.15, 0.2) is 16.6 Å². The van der Waals surface area contributed by atoms with Crippen molar-refractivity contribution in [3.63, 3.8) is 0 Å². The van der Waals surface area contributed by atoms with Gasteiger partial charge >= 0.3 is 5.97 Å². The number of nitrogens with zero attached hydrogens (tertiary/aromatic N) is 2. The number of aliphatic hydroxyl groups is 1. The van der Waals surface area contributed by atoms with Crippen molar-refractivity contribution in [1.82, 2.24) is 5.32 Å². The third kappa shape index (κ3) is 5.33. The Kier molecular flexibility index (Phi) is 7.15. The minimum Gasteiger partial charge on any atom is -0.506 e. The summed E-state index contributed by atoms with van der Waals surface area (Å²) in [6.45, 7) is 3.63. The summed E-state index contributed by atoms with van der Waals surface area (Å²) in [5, 5.41) is 12.8. The minimum absolute atomic E-state index is 0.0356. The van der Waals surface area contributed by atoms with Gasteiger partial charge in [0, 0.05) is 32.3 Å². The Morgan fingerprint density at radius 2 is 2.10 bits per heavy atom. The van der Waals surface area contributed by atoms with Crippen molar-refractivity contribution in [2.24, 2.45) is 4.99 Å². The molecule has 1 aliphatic heterocycles. The van der Waals surface area contributed by atoms with Crippen molar-refractivity contribution in [2.45, 2.75) is 45.2 Å². The van der Waals surface area contributed by atoms with E-state index in [0.29, 0.717) is 13.0 Å². The lowest BCUT2D eigenvalue weighted by molar-refractivity contribution is -0.137. The number of halogens is 3. The Morgan fingerprint density at radius 3 is 2.71 bits per heavy atom. The average Bonchev–Trinajstić information content (AvgIpc) is 3.43. The summed E-state index contributed by atoms with van der Waals surface area (Å²) >= 11 is 6.14. The van der Waals surface area contributed by atoms with E-state index < -0.39 is 33.9 Å². The Hall–Kier alpha value is -2.68. The van der Waals surface area contributed by atoms with E-state index in [0.717, 1.165) is 25.1 Å². The van der Waals surface area contributed by atoms with Gasteiger partial charge in [0.25, 0.3) is 0 Å². The standard InChI is InChI=1S/C21H24ClF2N3O4/c1-3-31-21(30)15(9-25-12-4-5-12)20(29)14-8-16(23)19(17(22)18(14)24)27-7-6-13(10-27)26-11(2)28/h8-9,12-13,29H,3-7,10H2,1-2H3,(H,26,28). The molecule has 0 aromatic heterocycles. The molecule has 10 heteroatoms. The Balaban J connectivity index is 1.97. The van der Waals surface area contributed by atoms with Crippen molar-refractivity contribution in [1.29, 1.82) is 0 Å². The first-order chi connectivity index (χ1) is 14.7. The number of benzene rings is 1. The Morgan fingerprint density at radius 1 is 1.39 bits per heavy atom. The quantitative estimate of drug-likeness (QED) is 0.216. The van der Waals surface area contributed by atoms with E-state index in [1.54, 1.807) is 6.92 Å². The van der Waals surface area contributed by atoms with Gasteiger partial charge in [-0.25, -0.2) is 13.6 Å². The van der Waals surface area contributed by atoms with Gasteiger partial charge in [-0.05, 0) is 32.3 Å². The summed E-state index contributed by atoms with van der Waals surface area (Å²) in [5.74, 6) is -3.85. The minimum atomic E-state index is -1.07. The molecule has 2 fully saturated rings. The normalized spacial score (nSPS) is 19.5. The van der Waals surface area contributed by atoms with Crippen LogP contribution in [0.25, 0.3) is 5.76 Å². The maximum absolute atomic E-state index is 15.1. The molecule has 0 bridgehead atoms. The van der Waals surface area contributed by atoms with Crippen molar-refractivity contribution >= 4 is 41.1 Å². The molecule has 0 spiro atoms. The summed E-state index contributed by atoms with van der Waals surface area (Å²) in [4.78, 5) is 29.2. The molecule has 1 amide bonds. The van der Waals surface area contributed by atoms with Gasteiger partial charge in [-0.3, -0.25) is 9.79 Å². The van der Waals surface area contributed by atoms with Gasteiger partial charge in [-0.15, -0.1) is 0 Å². The van der Waals surface area contributed by atoms with Gasteiger partial charge < -0.3 is 20.1 Å². The lowest BCUT2D eigenvalue weighted by Gasteiger charge is -2.22. The number of ether oxygens (including phenoxy) is 1. The molecule has 1 heterocycles. The van der Waals surface area contributed by atoms with Crippen LogP contribution in [0.1, 0.15) is 38.7 Å². The lowest BCUT2D eigenvalue weighted by atomic mass is 10.1. The predicted octanol–water partition coefficient (Wildman–Crippen LogP) is 3.40. The van der Waals surface area contributed by atoms with Crippen molar-refractivity contribution < 1.29 is 28.2 Å². The first kappa shape index (κ1) is 23.0. The third-order valence-electron chi connectivity index (χ3n) is 5.01. The van der Waals surface area contributed by atoms with Crippen LogP contribution in [-0.4, -0.2) is 55.0 Å². The largest absolute Gasteiger partial charge is 0.506 e. The zero-order chi connectivity index (χ0) is 22.7. The molecule has 0 radical (unpaired) electrons. The van der Waals surface area contributed by atoms with Crippen LogP contribution in [-0.2, 0) is 14.3 Å². The predicted molar refractivity (Wildman–Crippen MR) is 113 cm³/mol. The summed E-state index contributed by atoms with van der Waals surface area (Å²) in [7, 11) is 0. The highest BCUT2D eigenvalue weighted by atomic mass is 35.5. The zero-order valence-electron chi connectivity index (χ0n) is 17.3. The molecule has 31 heavy (non-hydrogen) atoms. The van der Waals surface area contributed by atoms with Crippen molar-refractivity contribution in [3.05, 3.63) is 33.9 Å². The number of hydrogen-bond acceptors (Lipinski definition) is 6. The number of aliphatic imine (C=N–C) groups is 1. The molecular formula is C21H24ClF2N3O4. The Labute approximate surface area is 183 Å². The molecule has 1 saturated heterocycles. The first-order valence-electron chi connectivity index (χ1n) is 10.1. The summed E-state index contributed by atoms with van der Waals surface area (Å²) < 4.78 is 35.0. The zero-order valence-corrected chi connectivity index (χ0v) is 18.0. The van der Waals surface area contributed by atoms with E-state index in [1.807, 2.05) is 0 Å². The second-order valence-corrected chi connectivity index (χ2v) is 7.88. The van der Waals surface area contributed by atoms with Crippen LogP contribution in [0.5, 0.6) is 0 Å². The topological polar surface area (TPSA) is 91.2 Å². The number of rotatable bonds is 7. The van der Waals surface area contributed by atoms with Crippen molar-refractivity contribution in [2.75, 3.05) is 24.6 Å². The highest BCUT2D eigenvalue weighted by Gasteiger charge is 2.31. The number of carbonyl (C=O) groups excluding carboxylic acids is 2. The molecule has 1 aromatic rings. The molecular weight excluding hydrogens is 432 g/mol. The fourth-order valence-corrected chi connectivity index (χ4v) is 3.70. The SMILES string of the molecule is CCOC(=O)C(C=NC1CC1)=C(O)c1cc(F)c(N2CCC(NC(C)=O)C2)c(Cl)c1F. The summed E-state index contributed by atoms with van der Waals surface area (Å²) in [6, 6.07) is 0.622. The van der Waals surface area contributed by atoms with E-state index in [4.69, 9.17) is 16.3 Å². The van der Waals surface area contributed by atoms with Gasteiger partial charge in [-0.1, -0.05) is 11.6 Å². The number of amides is 1. The van der Waals surface area contributed by atoms with Crippen LogP contribution < -0.4 is 10.2 Å². The first-order valence-corrected chi connectivity index (χ1v) is 10.4. The monoisotopic (exact) mass is 455 g/mol. The van der Waals surface area contributed by atoms with Crippen LogP contribution in [0, 0.1) is 11.6 Å².